The summed E-state index contributed by atoms with van der Waals surface area (Å²) in [6.07, 6.45) is -4.22. The number of halogens is 5. The number of likely N-dealkylation sites (tertiary alicyclic amines) is 1. The van der Waals surface area contributed by atoms with Gasteiger partial charge in [-0.1, -0.05) is 23.2 Å². The number of nitrogens with zero attached hydrogens (tertiary/aromatic N) is 1. The van der Waals surface area contributed by atoms with E-state index in [0.717, 1.165) is 17.0 Å². The minimum absolute atomic E-state index is 0.0355. The maximum Gasteiger partial charge on any atom is 0.492 e. The Morgan fingerprint density at radius 1 is 1.28 bits per heavy atom. The number of ether oxygens (including phenoxy) is 3. The molecule has 1 aromatic rings. The van der Waals surface area contributed by atoms with Crippen LogP contribution in [-0.4, -0.2) is 48.7 Å². The summed E-state index contributed by atoms with van der Waals surface area (Å²) in [6.45, 7) is 1.90. The van der Waals surface area contributed by atoms with Gasteiger partial charge in [-0.2, -0.15) is 13.2 Å². The zero-order valence-corrected chi connectivity index (χ0v) is 16.7. The molecule has 0 radical (unpaired) electrons. The average Bonchev–Trinajstić information content (AvgIpc) is 3.00. The summed E-state index contributed by atoms with van der Waals surface area (Å²) in [7, 11) is 0. The van der Waals surface area contributed by atoms with Gasteiger partial charge in [0.15, 0.2) is 11.5 Å². The first-order chi connectivity index (χ1) is 13.6. The Balaban J connectivity index is 1.78. The van der Waals surface area contributed by atoms with E-state index in [1.165, 1.54) is 0 Å². The van der Waals surface area contributed by atoms with Crippen LogP contribution in [0.15, 0.2) is 12.1 Å². The predicted octanol–water partition coefficient (Wildman–Crippen LogP) is 3.97. The summed E-state index contributed by atoms with van der Waals surface area (Å²) in [5, 5.41) is 1.69. The molecule has 2 amide bonds. The first kappa shape index (κ1) is 21.6. The Kier molecular flexibility index (Phi) is 5.96. The molecule has 3 rings (SSSR count). The van der Waals surface area contributed by atoms with Gasteiger partial charge in [-0.3, -0.25) is 10.1 Å². The number of piperidine rings is 1. The van der Waals surface area contributed by atoms with Gasteiger partial charge in [0.1, 0.15) is 0 Å². The fraction of sp³-hybridized carbons (Fsp3) is 0.529. The van der Waals surface area contributed by atoms with E-state index in [9.17, 15) is 22.8 Å². The molecule has 0 saturated carbocycles. The van der Waals surface area contributed by atoms with Gasteiger partial charge >= 0.3 is 24.1 Å². The van der Waals surface area contributed by atoms with Crippen LogP contribution in [0.3, 0.4) is 0 Å². The van der Waals surface area contributed by atoms with Crippen LogP contribution in [0.4, 0.5) is 18.0 Å². The third kappa shape index (κ3) is 4.28. The first-order valence-electron chi connectivity index (χ1n) is 8.74. The lowest BCUT2D eigenvalue weighted by molar-refractivity contribution is -0.318. The lowest BCUT2D eigenvalue weighted by Gasteiger charge is -2.35. The number of rotatable bonds is 3. The van der Waals surface area contributed by atoms with Gasteiger partial charge in [0, 0.05) is 25.2 Å². The Morgan fingerprint density at radius 2 is 1.86 bits per heavy atom. The summed E-state index contributed by atoms with van der Waals surface area (Å²) in [4.78, 5) is 25.6. The molecular formula is C17H17Cl2F3N2O5. The molecule has 0 spiro atoms. The van der Waals surface area contributed by atoms with Gasteiger partial charge in [0.2, 0.25) is 0 Å². The Morgan fingerprint density at radius 3 is 2.38 bits per heavy atom. The van der Waals surface area contributed by atoms with Crippen molar-refractivity contribution < 1.29 is 37.0 Å². The molecular weight excluding hydrogens is 440 g/mol. The van der Waals surface area contributed by atoms with Crippen LogP contribution < -0.4 is 14.8 Å². The number of esters is 1. The van der Waals surface area contributed by atoms with Crippen LogP contribution in [-0.2, 0) is 9.53 Å². The zero-order chi connectivity index (χ0) is 21.4. The number of fused-ring (bicyclic) bond motifs is 1. The van der Waals surface area contributed by atoms with Crippen LogP contribution in [0.2, 0.25) is 10.0 Å². The molecule has 2 heterocycles. The van der Waals surface area contributed by atoms with Crippen molar-refractivity contribution in [3.05, 3.63) is 22.2 Å². The minimum Gasteiger partial charge on any atom is -0.466 e. The van der Waals surface area contributed by atoms with Crippen molar-refractivity contribution in [1.82, 2.24) is 10.2 Å². The van der Waals surface area contributed by atoms with E-state index in [1.54, 1.807) is 12.2 Å². The Hall–Kier alpha value is -2.07. The van der Waals surface area contributed by atoms with Crippen LogP contribution in [0, 0.1) is 5.92 Å². The van der Waals surface area contributed by atoms with E-state index in [2.05, 4.69) is 0 Å². The highest BCUT2D eigenvalue weighted by atomic mass is 35.5. The fourth-order valence-electron chi connectivity index (χ4n) is 3.07. The largest absolute Gasteiger partial charge is 0.492 e. The maximum atomic E-state index is 13.8. The SMILES string of the molecule is CCOC(=O)[C@H]1CCCN(C(=O)NC2(C(F)(F)F)Oc3cc(Cl)c(Cl)cc3O2)C1. The average molecular weight is 457 g/mol. The van der Waals surface area contributed by atoms with Crippen molar-refractivity contribution in [3.8, 4) is 11.5 Å². The molecule has 160 valence electrons. The van der Waals surface area contributed by atoms with Crippen molar-refractivity contribution in [2.45, 2.75) is 31.9 Å². The second kappa shape index (κ2) is 7.98. The molecule has 7 nitrogen and oxygen atoms in total. The first-order valence-corrected chi connectivity index (χ1v) is 9.49. The van der Waals surface area contributed by atoms with Crippen molar-refractivity contribution in [2.75, 3.05) is 19.7 Å². The topological polar surface area (TPSA) is 77.1 Å². The molecule has 29 heavy (non-hydrogen) atoms. The second-order valence-corrected chi connectivity index (χ2v) is 7.31. The monoisotopic (exact) mass is 456 g/mol. The second-order valence-electron chi connectivity index (χ2n) is 6.50. The van der Waals surface area contributed by atoms with E-state index in [1.807, 2.05) is 0 Å². The molecule has 0 bridgehead atoms. The third-order valence-electron chi connectivity index (χ3n) is 4.47. The Bertz CT molecular complexity index is 790. The Labute approximate surface area is 174 Å². The molecule has 0 aliphatic carbocycles. The predicted molar refractivity (Wildman–Crippen MR) is 96.0 cm³/mol. The van der Waals surface area contributed by atoms with Gasteiger partial charge in [-0.25, -0.2) is 4.79 Å². The number of hydrogen-bond acceptors (Lipinski definition) is 5. The summed E-state index contributed by atoms with van der Waals surface area (Å²) < 4.78 is 56.2. The number of carbonyl (C=O) groups is 2. The highest BCUT2D eigenvalue weighted by Gasteiger charge is 2.66. The molecule has 0 unspecified atom stereocenters. The molecule has 1 N–H and O–H groups in total. The quantitative estimate of drug-likeness (QED) is 0.696. The van der Waals surface area contributed by atoms with Crippen molar-refractivity contribution in [1.29, 1.82) is 0 Å². The third-order valence-corrected chi connectivity index (χ3v) is 5.19. The van der Waals surface area contributed by atoms with Gasteiger partial charge in [-0.15, -0.1) is 0 Å². The molecule has 1 aromatic carbocycles. The lowest BCUT2D eigenvalue weighted by Crippen LogP contribution is -2.67. The fourth-order valence-corrected chi connectivity index (χ4v) is 3.38. The number of benzene rings is 1. The van der Waals surface area contributed by atoms with E-state index in [0.29, 0.717) is 12.8 Å². The van der Waals surface area contributed by atoms with Crippen LogP contribution in [0.25, 0.3) is 0 Å². The van der Waals surface area contributed by atoms with Gasteiger partial charge < -0.3 is 19.1 Å². The molecule has 0 aromatic heterocycles. The number of carbonyl (C=O) groups excluding carboxylic acids is 2. The van der Waals surface area contributed by atoms with E-state index in [4.69, 9.17) is 37.4 Å². The number of urea groups is 1. The summed E-state index contributed by atoms with van der Waals surface area (Å²) >= 11 is 11.6. The van der Waals surface area contributed by atoms with E-state index in [-0.39, 0.29) is 41.2 Å². The number of alkyl halides is 3. The van der Waals surface area contributed by atoms with Crippen LogP contribution in [0.1, 0.15) is 19.8 Å². The molecule has 2 aliphatic heterocycles. The molecule has 2 aliphatic rings. The smallest absolute Gasteiger partial charge is 0.466 e. The zero-order valence-electron chi connectivity index (χ0n) is 15.1. The van der Waals surface area contributed by atoms with Gasteiger partial charge in [0.05, 0.1) is 22.6 Å². The van der Waals surface area contributed by atoms with Crippen molar-refractivity contribution in [3.63, 3.8) is 0 Å². The number of nitrogens with one attached hydrogen (secondary N) is 1. The summed E-state index contributed by atoms with van der Waals surface area (Å²) in [6, 6.07) is 1.04. The van der Waals surface area contributed by atoms with Crippen LogP contribution in [0.5, 0.6) is 11.5 Å². The van der Waals surface area contributed by atoms with Gasteiger partial charge in [-0.05, 0) is 19.8 Å². The highest BCUT2D eigenvalue weighted by molar-refractivity contribution is 6.42. The van der Waals surface area contributed by atoms with E-state index >= 15 is 0 Å². The number of hydrogen-bond donors (Lipinski definition) is 1. The van der Waals surface area contributed by atoms with Crippen LogP contribution >= 0.6 is 23.2 Å². The molecule has 1 saturated heterocycles. The normalized spacial score (nSPS) is 20.3. The van der Waals surface area contributed by atoms with Crippen molar-refractivity contribution >= 4 is 35.2 Å². The number of amides is 2. The summed E-state index contributed by atoms with van der Waals surface area (Å²) in [5.41, 5.74) is 0. The standard InChI is InChI=1S/C17H17Cl2F3N2O5/c1-2-27-14(25)9-4-3-5-24(8-9)15(26)23-17(16(20,21)22)28-12-6-10(18)11(19)7-13(12)29-17/h6-7,9H,2-5,8H2,1H3,(H,23,26)/t9-/m0/s1. The van der Waals surface area contributed by atoms with Gasteiger partial charge in [0.25, 0.3) is 0 Å². The minimum atomic E-state index is -5.13. The maximum absolute atomic E-state index is 13.8. The summed E-state index contributed by atoms with van der Waals surface area (Å²) in [5.74, 6) is -5.20. The highest BCUT2D eigenvalue weighted by Crippen LogP contribution is 2.48. The lowest BCUT2D eigenvalue weighted by atomic mass is 9.98. The molecule has 1 fully saturated rings. The van der Waals surface area contributed by atoms with E-state index < -0.39 is 30.0 Å². The van der Waals surface area contributed by atoms with Crippen molar-refractivity contribution in [2.24, 2.45) is 5.92 Å². The molecule has 1 atom stereocenters. The molecule has 12 heteroatoms.